The van der Waals surface area contributed by atoms with Crippen molar-refractivity contribution in [3.63, 3.8) is 0 Å². The van der Waals surface area contributed by atoms with Crippen LogP contribution in [0.15, 0.2) is 41.7 Å². The summed E-state index contributed by atoms with van der Waals surface area (Å²) < 4.78 is 13.0. The molecule has 0 spiro atoms. The molecule has 1 fully saturated rings. The molecule has 0 radical (unpaired) electrons. The molecule has 6 heteroatoms. The van der Waals surface area contributed by atoms with Crippen molar-refractivity contribution in [2.45, 2.75) is 5.03 Å². The lowest BCUT2D eigenvalue weighted by Crippen LogP contribution is -2.46. The Hall–Kier alpha value is -1.82. The Morgan fingerprint density at radius 3 is 2.33 bits per heavy atom. The maximum atomic E-state index is 13.0. The number of anilines is 2. The summed E-state index contributed by atoms with van der Waals surface area (Å²) in [6, 6.07) is 8.72. The Bertz CT molecular complexity index is 597. The minimum Gasteiger partial charge on any atom is -0.368 e. The molecule has 21 heavy (non-hydrogen) atoms. The van der Waals surface area contributed by atoms with Crippen LogP contribution in [-0.2, 0) is 0 Å². The predicted molar refractivity (Wildman–Crippen MR) is 84.6 cm³/mol. The fraction of sp³-hybridized carbons (Fsp3) is 0.333. The molecule has 0 amide bonds. The third-order valence-corrected chi connectivity index (χ3v) is 4.27. The van der Waals surface area contributed by atoms with E-state index in [2.05, 4.69) is 19.8 Å². The van der Waals surface area contributed by atoms with Crippen LogP contribution in [0.1, 0.15) is 0 Å². The average molecular weight is 304 g/mol. The SMILES string of the molecule is CSc1cc(N2CCN(c3ccc(F)cc3)CC2)ncn1. The molecule has 3 rings (SSSR count). The van der Waals surface area contributed by atoms with Gasteiger partial charge in [-0.05, 0) is 30.5 Å². The van der Waals surface area contributed by atoms with E-state index in [9.17, 15) is 4.39 Å². The van der Waals surface area contributed by atoms with Crippen LogP contribution in [0.2, 0.25) is 0 Å². The average Bonchev–Trinajstić information content (AvgIpc) is 2.56. The highest BCUT2D eigenvalue weighted by molar-refractivity contribution is 7.98. The smallest absolute Gasteiger partial charge is 0.133 e. The van der Waals surface area contributed by atoms with Gasteiger partial charge in [-0.25, -0.2) is 14.4 Å². The molecule has 0 unspecified atom stereocenters. The summed E-state index contributed by atoms with van der Waals surface area (Å²) in [6.45, 7) is 3.62. The quantitative estimate of drug-likeness (QED) is 0.643. The first-order valence-corrected chi connectivity index (χ1v) is 8.10. The van der Waals surface area contributed by atoms with Crippen LogP contribution in [0.4, 0.5) is 15.9 Å². The fourth-order valence-corrected chi connectivity index (χ4v) is 2.84. The number of halogens is 1. The van der Waals surface area contributed by atoms with E-state index >= 15 is 0 Å². The number of hydrogen-bond acceptors (Lipinski definition) is 5. The molecule has 2 heterocycles. The first kappa shape index (κ1) is 14.1. The maximum Gasteiger partial charge on any atom is 0.133 e. The Morgan fingerprint density at radius 1 is 1.00 bits per heavy atom. The van der Waals surface area contributed by atoms with Gasteiger partial charge in [0.15, 0.2) is 0 Å². The van der Waals surface area contributed by atoms with Crippen LogP contribution in [0.5, 0.6) is 0 Å². The van der Waals surface area contributed by atoms with Crippen molar-refractivity contribution in [3.8, 4) is 0 Å². The molecule has 1 aliphatic heterocycles. The Morgan fingerprint density at radius 2 is 1.67 bits per heavy atom. The van der Waals surface area contributed by atoms with Gasteiger partial charge in [0.05, 0.1) is 0 Å². The van der Waals surface area contributed by atoms with E-state index < -0.39 is 0 Å². The summed E-state index contributed by atoms with van der Waals surface area (Å²) in [5, 5.41) is 0.987. The van der Waals surface area contributed by atoms with Gasteiger partial charge in [0.25, 0.3) is 0 Å². The summed E-state index contributed by atoms with van der Waals surface area (Å²) in [7, 11) is 0. The first-order valence-electron chi connectivity index (χ1n) is 6.88. The zero-order chi connectivity index (χ0) is 14.7. The largest absolute Gasteiger partial charge is 0.368 e. The van der Waals surface area contributed by atoms with E-state index in [-0.39, 0.29) is 5.82 Å². The van der Waals surface area contributed by atoms with E-state index in [1.165, 1.54) is 12.1 Å². The van der Waals surface area contributed by atoms with Crippen LogP contribution >= 0.6 is 11.8 Å². The van der Waals surface area contributed by atoms with Crippen LogP contribution in [-0.4, -0.2) is 42.4 Å². The summed E-state index contributed by atoms with van der Waals surface area (Å²) in [4.78, 5) is 13.1. The van der Waals surface area contributed by atoms with Gasteiger partial charge < -0.3 is 9.80 Å². The molecule has 0 aliphatic carbocycles. The highest BCUT2D eigenvalue weighted by Gasteiger charge is 2.18. The second-order valence-corrected chi connectivity index (χ2v) is 5.70. The van der Waals surface area contributed by atoms with Gasteiger partial charge >= 0.3 is 0 Å². The Labute approximate surface area is 128 Å². The van der Waals surface area contributed by atoms with Gasteiger partial charge in [0.1, 0.15) is 23.0 Å². The monoisotopic (exact) mass is 304 g/mol. The molecule has 4 nitrogen and oxygen atoms in total. The lowest BCUT2D eigenvalue weighted by Gasteiger charge is -2.36. The van der Waals surface area contributed by atoms with E-state index in [0.717, 1.165) is 42.7 Å². The number of piperazine rings is 1. The molecular formula is C15H17FN4S. The number of hydrogen-bond donors (Lipinski definition) is 0. The van der Waals surface area contributed by atoms with Gasteiger partial charge in [0.2, 0.25) is 0 Å². The number of rotatable bonds is 3. The van der Waals surface area contributed by atoms with E-state index in [1.54, 1.807) is 18.1 Å². The number of thioether (sulfide) groups is 1. The van der Waals surface area contributed by atoms with Crippen molar-refractivity contribution in [1.29, 1.82) is 0 Å². The topological polar surface area (TPSA) is 32.3 Å². The number of nitrogens with zero attached hydrogens (tertiary/aromatic N) is 4. The minimum absolute atomic E-state index is 0.192. The standard InChI is InChI=1S/C15H17FN4S/c1-21-15-10-14(17-11-18-15)20-8-6-19(7-9-20)13-4-2-12(16)3-5-13/h2-5,10-11H,6-9H2,1H3. The summed E-state index contributed by atoms with van der Waals surface area (Å²) in [5.74, 6) is 0.788. The number of benzene rings is 1. The van der Waals surface area contributed by atoms with Crippen molar-refractivity contribution >= 4 is 23.3 Å². The van der Waals surface area contributed by atoms with E-state index in [0.29, 0.717) is 0 Å². The molecule has 0 N–H and O–H groups in total. The molecule has 1 aromatic heterocycles. The summed E-state index contributed by atoms with van der Waals surface area (Å²) in [6.07, 6.45) is 3.63. The normalized spacial score (nSPS) is 15.3. The lowest BCUT2D eigenvalue weighted by atomic mass is 10.2. The van der Waals surface area contributed by atoms with Gasteiger partial charge in [0, 0.05) is 37.9 Å². The summed E-state index contributed by atoms with van der Waals surface area (Å²) >= 11 is 1.62. The predicted octanol–water partition coefficient (Wildman–Crippen LogP) is 2.66. The van der Waals surface area contributed by atoms with Crippen molar-refractivity contribution < 1.29 is 4.39 Å². The molecule has 1 saturated heterocycles. The van der Waals surface area contributed by atoms with Crippen molar-refractivity contribution in [2.24, 2.45) is 0 Å². The zero-order valence-electron chi connectivity index (χ0n) is 11.9. The van der Waals surface area contributed by atoms with Gasteiger partial charge in [-0.3, -0.25) is 0 Å². The molecule has 1 aromatic carbocycles. The van der Waals surface area contributed by atoms with Gasteiger partial charge in [-0.2, -0.15) is 0 Å². The van der Waals surface area contributed by atoms with Crippen molar-refractivity contribution in [2.75, 3.05) is 42.2 Å². The highest BCUT2D eigenvalue weighted by atomic mass is 32.2. The Balaban J connectivity index is 1.65. The van der Waals surface area contributed by atoms with Crippen LogP contribution < -0.4 is 9.80 Å². The maximum absolute atomic E-state index is 13.0. The Kier molecular flexibility index (Phi) is 4.24. The molecule has 0 saturated carbocycles. The first-order chi connectivity index (χ1) is 10.3. The van der Waals surface area contributed by atoms with Crippen molar-refractivity contribution in [3.05, 3.63) is 42.5 Å². The van der Waals surface area contributed by atoms with Crippen molar-refractivity contribution in [1.82, 2.24) is 9.97 Å². The van der Waals surface area contributed by atoms with Gasteiger partial charge in [-0.1, -0.05) is 0 Å². The highest BCUT2D eigenvalue weighted by Crippen LogP contribution is 2.21. The molecular weight excluding hydrogens is 287 g/mol. The van der Waals surface area contributed by atoms with Gasteiger partial charge in [-0.15, -0.1) is 11.8 Å². The third-order valence-electron chi connectivity index (χ3n) is 3.63. The summed E-state index contributed by atoms with van der Waals surface area (Å²) in [5.41, 5.74) is 1.07. The zero-order valence-corrected chi connectivity index (χ0v) is 12.7. The van der Waals surface area contributed by atoms with Crippen LogP contribution in [0, 0.1) is 5.82 Å². The van der Waals surface area contributed by atoms with Crippen LogP contribution in [0.25, 0.3) is 0 Å². The molecule has 2 aromatic rings. The molecule has 1 aliphatic rings. The molecule has 0 bridgehead atoms. The fourth-order valence-electron chi connectivity index (χ4n) is 2.46. The molecule has 0 atom stereocenters. The second kappa shape index (κ2) is 6.30. The lowest BCUT2D eigenvalue weighted by molar-refractivity contribution is 0.624. The van der Waals surface area contributed by atoms with E-state index in [4.69, 9.17) is 0 Å². The minimum atomic E-state index is -0.192. The number of aromatic nitrogens is 2. The second-order valence-electron chi connectivity index (χ2n) is 4.87. The van der Waals surface area contributed by atoms with Crippen LogP contribution in [0.3, 0.4) is 0 Å². The third kappa shape index (κ3) is 3.26. The van der Waals surface area contributed by atoms with E-state index in [1.807, 2.05) is 24.5 Å². The molecule has 110 valence electrons.